The van der Waals surface area contributed by atoms with Gasteiger partial charge in [-0.1, -0.05) is 163 Å². The molecule has 3 N–H and O–H groups in total. The van der Waals surface area contributed by atoms with E-state index in [1.165, 1.54) is 28.3 Å². The molecule has 1 unspecified atom stereocenters. The molecule has 0 spiro atoms. The molecule has 0 fully saturated rings. The quantitative estimate of drug-likeness (QED) is 0.154. The Morgan fingerprint density at radius 2 is 1.01 bits per heavy atom. The third-order valence-electron chi connectivity index (χ3n) is 13.6. The first-order valence-electron chi connectivity index (χ1n) is 22.0. The summed E-state index contributed by atoms with van der Waals surface area (Å²) in [6.45, 7) is 0. The number of aromatic carboxylic acids is 2. The Balaban J connectivity index is 0.000000119. The number of carboxylic acids is 4. The molecule has 8 aromatic rings. The summed E-state index contributed by atoms with van der Waals surface area (Å²) in [5, 5.41) is 62.7. The molecule has 13 heteroatoms. The summed E-state index contributed by atoms with van der Waals surface area (Å²) >= 11 is 0. The van der Waals surface area contributed by atoms with E-state index < -0.39 is 64.0 Å². The van der Waals surface area contributed by atoms with E-state index in [-0.39, 0.29) is 23.3 Å². The molecule has 0 radical (unpaired) electrons. The molecule has 4 bridgehead atoms. The van der Waals surface area contributed by atoms with E-state index in [4.69, 9.17) is 15.3 Å². The average Bonchev–Trinajstić information content (AvgIpc) is 3.36. The van der Waals surface area contributed by atoms with Gasteiger partial charge in [0.1, 0.15) is 11.3 Å². The van der Waals surface area contributed by atoms with Crippen LogP contribution >= 0.6 is 0 Å². The number of aromatic hydroxyl groups is 1. The minimum absolute atomic E-state index is 0.0394. The highest BCUT2D eigenvalue weighted by atomic mass is 19.4. The van der Waals surface area contributed by atoms with Crippen molar-refractivity contribution in [3.8, 4) is 11.5 Å². The van der Waals surface area contributed by atoms with Crippen molar-refractivity contribution < 1.29 is 63.0 Å². The minimum Gasteiger partial charge on any atom is -0.872 e. The van der Waals surface area contributed by atoms with Crippen LogP contribution in [0, 0.1) is 5.92 Å². The maximum absolute atomic E-state index is 12.5. The summed E-state index contributed by atoms with van der Waals surface area (Å²) in [5.41, 5.74) is 7.49. The lowest BCUT2D eigenvalue weighted by atomic mass is 9.53. The molecule has 8 aromatic carbocycles. The zero-order valence-corrected chi connectivity index (χ0v) is 36.6. The summed E-state index contributed by atoms with van der Waals surface area (Å²) in [6.07, 6.45) is -3.95. The lowest BCUT2D eigenvalue weighted by Gasteiger charge is -2.51. The van der Waals surface area contributed by atoms with Crippen molar-refractivity contribution >= 4 is 34.6 Å². The van der Waals surface area contributed by atoms with Gasteiger partial charge in [-0.25, -0.2) is 9.59 Å². The van der Waals surface area contributed by atoms with Crippen molar-refractivity contribution in [2.45, 2.75) is 35.8 Å². The summed E-state index contributed by atoms with van der Waals surface area (Å²) in [4.78, 5) is 45.2. The molecule has 6 aliphatic rings. The maximum Gasteiger partial charge on any atom is 0.416 e. The van der Waals surface area contributed by atoms with E-state index in [0.29, 0.717) is 30.0 Å². The summed E-state index contributed by atoms with van der Waals surface area (Å²) < 4.78 is 36.3. The highest BCUT2D eigenvalue weighted by Crippen LogP contribution is 2.59. The van der Waals surface area contributed by atoms with E-state index in [2.05, 4.69) is 24.3 Å². The topological polar surface area (TPSA) is 198 Å². The number of fused-ring (bicyclic) bond motifs is 2. The van der Waals surface area contributed by atoms with Crippen molar-refractivity contribution in [3.63, 3.8) is 0 Å². The molecule has 10 nitrogen and oxygen atoms in total. The lowest BCUT2D eigenvalue weighted by Crippen LogP contribution is -2.53. The van der Waals surface area contributed by atoms with Crippen LogP contribution < -0.4 is 15.3 Å². The molecule has 70 heavy (non-hydrogen) atoms. The molecule has 0 aromatic heterocycles. The predicted molar refractivity (Wildman–Crippen MR) is 245 cm³/mol. The van der Waals surface area contributed by atoms with Crippen LogP contribution in [-0.2, 0) is 21.2 Å². The number of aliphatic carboxylic acids is 2. The molecule has 0 saturated heterocycles. The van der Waals surface area contributed by atoms with Gasteiger partial charge < -0.3 is 40.2 Å². The van der Waals surface area contributed by atoms with Crippen LogP contribution in [0.2, 0.25) is 0 Å². The second kappa shape index (κ2) is 18.1. The number of alkyl halides is 3. The summed E-state index contributed by atoms with van der Waals surface area (Å²) in [7, 11) is 0. The summed E-state index contributed by atoms with van der Waals surface area (Å²) in [6, 6.07) is 51.6. The highest BCUT2D eigenvalue weighted by Gasteiger charge is 2.52. The van der Waals surface area contributed by atoms with Crippen LogP contribution in [-0.4, -0.2) is 39.2 Å². The molecule has 14 rings (SSSR count). The fourth-order valence-corrected chi connectivity index (χ4v) is 10.8. The Kier molecular flexibility index (Phi) is 12.0. The third kappa shape index (κ3) is 7.74. The zero-order chi connectivity index (χ0) is 49.6. The number of carboxylic acid groups (broad SMARTS) is 4. The molecular formula is C57H38F3O10-3. The second-order valence-electron chi connectivity index (χ2n) is 17.2. The van der Waals surface area contributed by atoms with Gasteiger partial charge >= 0.3 is 18.1 Å². The standard InChI is InChI=1S/C21H14O2.C17H14O2.C11H8O3.C8H5F3O3/c22-20(23)21-16-10-4-1-7-13(16)19(14-8-2-5-11-17(14)21)15-9-3-6-12-18(15)21;18-17(19)15-9-14-10-5-1-3-7-12(10)16(15)13-8-4-2-6-11(13)14;12-9-6-5-7-3-1-2-4-8(7)10(9)11(13)14;9-8(10,11)4-1-2-6(12)5(3-4)7(13)14/h1-12,19H,(H,22,23);1-8,14-16H,9H2,(H,18,19);1-6,12H,(H,13,14);1-3,12H,(H,13,14)/p-3. The molecule has 350 valence electrons. The van der Waals surface area contributed by atoms with Gasteiger partial charge in [0.05, 0.1) is 22.5 Å². The van der Waals surface area contributed by atoms with Crippen LogP contribution in [0.4, 0.5) is 13.2 Å². The van der Waals surface area contributed by atoms with Crippen molar-refractivity contribution in [1.29, 1.82) is 0 Å². The van der Waals surface area contributed by atoms with E-state index in [0.717, 1.165) is 38.8 Å². The van der Waals surface area contributed by atoms with E-state index in [1.807, 2.05) is 97.1 Å². The molecular weight excluding hydrogens is 902 g/mol. The number of benzene rings is 8. The van der Waals surface area contributed by atoms with E-state index >= 15 is 0 Å². The minimum atomic E-state index is -4.61. The Morgan fingerprint density at radius 1 is 0.557 bits per heavy atom. The monoisotopic (exact) mass is 939 g/mol. The van der Waals surface area contributed by atoms with Gasteiger partial charge in [-0.2, -0.15) is 13.2 Å². The number of phenols is 1. The average molecular weight is 940 g/mol. The van der Waals surface area contributed by atoms with Crippen molar-refractivity contribution in [3.05, 3.63) is 248 Å². The van der Waals surface area contributed by atoms with Gasteiger partial charge in [0.15, 0.2) is 0 Å². The molecule has 0 saturated carbocycles. The highest BCUT2D eigenvalue weighted by molar-refractivity contribution is 6.06. The van der Waals surface area contributed by atoms with Gasteiger partial charge in [0, 0.05) is 29.6 Å². The molecule has 6 aliphatic carbocycles. The van der Waals surface area contributed by atoms with Crippen molar-refractivity contribution in [1.82, 2.24) is 0 Å². The number of hydrogen-bond donors (Lipinski definition) is 3. The van der Waals surface area contributed by atoms with Crippen molar-refractivity contribution in [2.75, 3.05) is 0 Å². The number of hydrogen-bond acceptors (Lipinski definition) is 8. The van der Waals surface area contributed by atoms with E-state index in [1.54, 1.807) is 30.3 Å². The van der Waals surface area contributed by atoms with Gasteiger partial charge in [-0.15, -0.1) is 0 Å². The largest absolute Gasteiger partial charge is 0.872 e. The molecule has 0 amide bonds. The zero-order valence-electron chi connectivity index (χ0n) is 36.6. The Morgan fingerprint density at radius 3 is 1.47 bits per heavy atom. The van der Waals surface area contributed by atoms with Crippen LogP contribution in [0.15, 0.2) is 176 Å². The second-order valence-corrected chi connectivity index (χ2v) is 17.2. The number of halogens is 3. The fourth-order valence-electron chi connectivity index (χ4n) is 10.8. The normalized spacial score (nSPS) is 19.1. The van der Waals surface area contributed by atoms with Crippen LogP contribution in [0.5, 0.6) is 11.5 Å². The first kappa shape index (κ1) is 46.4. The first-order valence-corrected chi connectivity index (χ1v) is 22.0. The van der Waals surface area contributed by atoms with Gasteiger partial charge in [0.25, 0.3) is 0 Å². The Labute approximate surface area is 397 Å². The SMILES string of the molecule is O=C(O)c1c([O-])ccc2ccccc12.O=C(O)c1cc(C(F)(F)F)ccc1O.O=C([O-])C12c3ccccc3C(c3ccccc31)c1ccccc12.O=C([O-])C1CC2c3ccccc3C1c1ccccc12. The molecule has 0 aliphatic heterocycles. The van der Waals surface area contributed by atoms with Gasteiger partial charge in [0.2, 0.25) is 0 Å². The van der Waals surface area contributed by atoms with Crippen molar-refractivity contribution in [2.24, 2.45) is 5.92 Å². The van der Waals surface area contributed by atoms with E-state index in [9.17, 15) is 47.7 Å². The first-order chi connectivity index (χ1) is 33.5. The predicted octanol–water partition coefficient (Wildman–Crippen LogP) is 8.33. The molecule has 1 atom stereocenters. The summed E-state index contributed by atoms with van der Waals surface area (Å²) in [5.74, 6) is -6.01. The fraction of sp³-hybridized carbons (Fsp3) is 0.123. The van der Waals surface area contributed by atoms with Crippen LogP contribution in [0.1, 0.15) is 106 Å². The van der Waals surface area contributed by atoms with Crippen LogP contribution in [0.3, 0.4) is 0 Å². The number of rotatable bonds is 4. The smallest absolute Gasteiger partial charge is 0.416 e. The van der Waals surface area contributed by atoms with Crippen LogP contribution in [0.25, 0.3) is 10.8 Å². The molecule has 0 heterocycles. The van der Waals surface area contributed by atoms with Gasteiger partial charge in [-0.3, -0.25) is 0 Å². The Hall–Kier alpha value is -8.71. The number of carbonyl (C=O) groups excluding carboxylic acids is 2. The number of carbonyl (C=O) groups is 4. The van der Waals surface area contributed by atoms with Gasteiger partial charge in [-0.05, 0) is 91.0 Å². The Bertz CT molecular complexity index is 3230. The maximum atomic E-state index is 12.5. The third-order valence-corrected chi connectivity index (χ3v) is 13.6. The lowest BCUT2D eigenvalue weighted by molar-refractivity contribution is -0.313.